The van der Waals surface area contributed by atoms with Crippen LogP contribution in [0.25, 0.3) is 5.78 Å². The second kappa shape index (κ2) is 7.71. The minimum absolute atomic E-state index is 0.0334. The number of nitrogens with zero attached hydrogens (tertiary/aromatic N) is 4. The number of rotatable bonds is 8. The van der Waals surface area contributed by atoms with E-state index in [0.717, 1.165) is 12.8 Å². The monoisotopic (exact) mass is 289 g/mol. The summed E-state index contributed by atoms with van der Waals surface area (Å²) in [5.41, 5.74) is 0. The molecule has 0 bridgehead atoms. The van der Waals surface area contributed by atoms with Gasteiger partial charge in [-0.05, 0) is 19.4 Å². The van der Waals surface area contributed by atoms with Crippen LogP contribution < -0.4 is 5.32 Å². The molecule has 0 aliphatic heterocycles. The van der Waals surface area contributed by atoms with E-state index < -0.39 is 0 Å². The van der Waals surface area contributed by atoms with E-state index in [1.807, 2.05) is 6.92 Å². The van der Waals surface area contributed by atoms with Crippen molar-refractivity contribution in [1.29, 1.82) is 0 Å². The van der Waals surface area contributed by atoms with Crippen molar-refractivity contribution in [3.05, 3.63) is 24.3 Å². The molecular weight excluding hydrogens is 266 g/mol. The smallest absolute Gasteiger partial charge is 0.252 e. The van der Waals surface area contributed by atoms with E-state index in [1.165, 1.54) is 19.3 Å². The highest BCUT2D eigenvalue weighted by Gasteiger charge is 2.12. The van der Waals surface area contributed by atoms with Crippen molar-refractivity contribution in [3.63, 3.8) is 0 Å². The summed E-state index contributed by atoms with van der Waals surface area (Å²) in [5.74, 6) is 0.992. The maximum absolute atomic E-state index is 12.0. The van der Waals surface area contributed by atoms with Gasteiger partial charge in [0.2, 0.25) is 5.91 Å². The minimum Gasteiger partial charge on any atom is -0.353 e. The molecule has 114 valence electrons. The molecule has 0 fully saturated rings. The molecule has 0 saturated heterocycles. The van der Waals surface area contributed by atoms with Crippen LogP contribution in [0, 0.1) is 0 Å². The van der Waals surface area contributed by atoms with E-state index >= 15 is 0 Å². The number of aromatic nitrogens is 4. The first-order valence-electron chi connectivity index (χ1n) is 7.64. The maximum Gasteiger partial charge on any atom is 0.252 e. The zero-order chi connectivity index (χ0) is 15.1. The third-order valence-electron chi connectivity index (χ3n) is 3.38. The molecule has 0 unspecified atom stereocenters. The lowest BCUT2D eigenvalue weighted by Gasteiger charge is -2.12. The van der Waals surface area contributed by atoms with Crippen molar-refractivity contribution in [3.8, 4) is 0 Å². The number of carbonyl (C=O) groups is 1. The zero-order valence-electron chi connectivity index (χ0n) is 12.7. The number of nitrogens with one attached hydrogen (secondary N) is 1. The van der Waals surface area contributed by atoms with Gasteiger partial charge in [-0.2, -0.15) is 4.98 Å². The quantitative estimate of drug-likeness (QED) is 0.756. The van der Waals surface area contributed by atoms with Gasteiger partial charge in [-0.15, -0.1) is 5.10 Å². The van der Waals surface area contributed by atoms with Crippen LogP contribution in [0.5, 0.6) is 0 Å². The Morgan fingerprint density at radius 1 is 1.38 bits per heavy atom. The first-order chi connectivity index (χ1) is 10.2. The third-order valence-corrected chi connectivity index (χ3v) is 3.38. The van der Waals surface area contributed by atoms with Crippen LogP contribution in [-0.4, -0.2) is 31.5 Å². The molecule has 0 saturated carbocycles. The molecule has 21 heavy (non-hydrogen) atoms. The Kier molecular flexibility index (Phi) is 5.66. The maximum atomic E-state index is 12.0. The second-order valence-corrected chi connectivity index (χ2v) is 5.39. The van der Waals surface area contributed by atoms with Crippen LogP contribution in [0.3, 0.4) is 0 Å². The predicted molar refractivity (Wildman–Crippen MR) is 80.8 cm³/mol. The van der Waals surface area contributed by atoms with Crippen molar-refractivity contribution in [2.75, 3.05) is 0 Å². The predicted octanol–water partition coefficient (Wildman–Crippen LogP) is 2.14. The summed E-state index contributed by atoms with van der Waals surface area (Å²) in [5, 5.41) is 7.23. The first-order valence-corrected chi connectivity index (χ1v) is 7.64. The van der Waals surface area contributed by atoms with Gasteiger partial charge in [-0.25, -0.2) is 9.50 Å². The Bertz CT molecular complexity index is 547. The Morgan fingerprint density at radius 2 is 2.24 bits per heavy atom. The lowest BCUT2D eigenvalue weighted by molar-refractivity contribution is -0.121. The lowest BCUT2D eigenvalue weighted by atomic mass is 10.1. The molecule has 2 aromatic heterocycles. The summed E-state index contributed by atoms with van der Waals surface area (Å²) >= 11 is 0. The zero-order valence-corrected chi connectivity index (χ0v) is 12.7. The van der Waals surface area contributed by atoms with Crippen molar-refractivity contribution < 1.29 is 4.79 Å². The van der Waals surface area contributed by atoms with Gasteiger partial charge in [0.15, 0.2) is 5.82 Å². The molecule has 0 spiro atoms. The number of unbranched alkanes of at least 4 members (excludes halogenated alkanes) is 3. The fourth-order valence-electron chi connectivity index (χ4n) is 2.27. The standard InChI is InChI=1S/C15H23N5O/c1-3-4-5-6-8-12(2)17-14(21)11-13-18-15-16-9-7-10-20(15)19-13/h7,9-10,12H,3-6,8,11H2,1-2H3,(H,17,21)/t12-/m0/s1. The van der Waals surface area contributed by atoms with Crippen molar-refractivity contribution >= 4 is 11.7 Å². The highest BCUT2D eigenvalue weighted by Crippen LogP contribution is 2.05. The average Bonchev–Trinajstić information content (AvgIpc) is 2.85. The normalized spacial score (nSPS) is 12.5. The van der Waals surface area contributed by atoms with Gasteiger partial charge in [0.05, 0.1) is 6.42 Å². The van der Waals surface area contributed by atoms with Crippen LogP contribution in [0.15, 0.2) is 18.5 Å². The highest BCUT2D eigenvalue weighted by atomic mass is 16.1. The number of hydrogen-bond donors (Lipinski definition) is 1. The SMILES string of the molecule is CCCCCC[C@H](C)NC(=O)Cc1nc2ncccn2n1. The van der Waals surface area contributed by atoms with E-state index in [1.54, 1.807) is 23.0 Å². The summed E-state index contributed by atoms with van der Waals surface area (Å²) in [7, 11) is 0. The van der Waals surface area contributed by atoms with Crippen LogP contribution in [0.4, 0.5) is 0 Å². The molecule has 1 atom stereocenters. The van der Waals surface area contributed by atoms with Crippen molar-refractivity contribution in [1.82, 2.24) is 24.9 Å². The van der Waals surface area contributed by atoms with Gasteiger partial charge in [0.25, 0.3) is 5.78 Å². The Balaban J connectivity index is 1.78. The van der Waals surface area contributed by atoms with Gasteiger partial charge in [0.1, 0.15) is 0 Å². The molecule has 2 heterocycles. The average molecular weight is 289 g/mol. The minimum atomic E-state index is -0.0334. The Labute approximate surface area is 125 Å². The fraction of sp³-hybridized carbons (Fsp3) is 0.600. The third kappa shape index (κ3) is 4.81. The second-order valence-electron chi connectivity index (χ2n) is 5.39. The Morgan fingerprint density at radius 3 is 3.00 bits per heavy atom. The largest absolute Gasteiger partial charge is 0.353 e. The van der Waals surface area contributed by atoms with Crippen LogP contribution in [0.2, 0.25) is 0 Å². The molecule has 6 nitrogen and oxygen atoms in total. The molecule has 0 radical (unpaired) electrons. The summed E-state index contributed by atoms with van der Waals surface area (Å²) < 4.78 is 1.58. The van der Waals surface area contributed by atoms with Crippen LogP contribution in [0.1, 0.15) is 51.8 Å². The lowest BCUT2D eigenvalue weighted by Crippen LogP contribution is -2.33. The summed E-state index contributed by atoms with van der Waals surface area (Å²) in [4.78, 5) is 20.3. The molecule has 1 N–H and O–H groups in total. The molecule has 2 rings (SSSR count). The van der Waals surface area contributed by atoms with E-state index in [2.05, 4.69) is 27.3 Å². The topological polar surface area (TPSA) is 72.2 Å². The molecule has 6 heteroatoms. The molecule has 2 aromatic rings. The number of carbonyl (C=O) groups excluding carboxylic acids is 1. The molecular formula is C15H23N5O. The summed E-state index contributed by atoms with van der Waals surface area (Å²) in [6, 6.07) is 1.98. The molecule has 0 aliphatic rings. The summed E-state index contributed by atoms with van der Waals surface area (Å²) in [6.07, 6.45) is 9.53. The van der Waals surface area contributed by atoms with Gasteiger partial charge in [-0.1, -0.05) is 32.6 Å². The van der Waals surface area contributed by atoms with E-state index in [4.69, 9.17) is 0 Å². The van der Waals surface area contributed by atoms with Crippen molar-refractivity contribution in [2.45, 2.75) is 58.4 Å². The van der Waals surface area contributed by atoms with Gasteiger partial charge >= 0.3 is 0 Å². The van der Waals surface area contributed by atoms with Gasteiger partial charge in [0, 0.05) is 18.4 Å². The molecule has 0 aromatic carbocycles. The van der Waals surface area contributed by atoms with E-state index in [0.29, 0.717) is 11.6 Å². The highest BCUT2D eigenvalue weighted by molar-refractivity contribution is 5.78. The molecule has 1 amide bonds. The van der Waals surface area contributed by atoms with Crippen molar-refractivity contribution in [2.24, 2.45) is 0 Å². The van der Waals surface area contributed by atoms with Crippen LogP contribution in [-0.2, 0) is 11.2 Å². The summed E-state index contributed by atoms with van der Waals surface area (Å²) in [6.45, 7) is 4.24. The molecule has 0 aliphatic carbocycles. The number of hydrogen-bond acceptors (Lipinski definition) is 4. The number of fused-ring (bicyclic) bond motifs is 1. The fourth-order valence-corrected chi connectivity index (χ4v) is 2.27. The Hall–Kier alpha value is -1.98. The van der Waals surface area contributed by atoms with Gasteiger partial charge in [-0.3, -0.25) is 4.79 Å². The van der Waals surface area contributed by atoms with Crippen LogP contribution >= 0.6 is 0 Å². The van der Waals surface area contributed by atoms with Gasteiger partial charge < -0.3 is 5.32 Å². The van der Waals surface area contributed by atoms with E-state index in [9.17, 15) is 4.79 Å². The number of amides is 1. The first kappa shape index (κ1) is 15.4. The van der Waals surface area contributed by atoms with E-state index in [-0.39, 0.29) is 18.4 Å².